The molecule has 0 aromatic heterocycles. The van der Waals surface area contributed by atoms with Gasteiger partial charge in [0, 0.05) is 19.0 Å². The van der Waals surface area contributed by atoms with Crippen LogP contribution in [0.2, 0.25) is 24.2 Å². The van der Waals surface area contributed by atoms with E-state index in [0.717, 1.165) is 0 Å². The first kappa shape index (κ1) is 36.4. The molecule has 0 spiro atoms. The maximum absolute atomic E-state index is 2.29. The number of unbranched alkanes of at least 4 members (excludes halogenated alkanes) is 12. The highest BCUT2D eigenvalue weighted by atomic mass is 35.5. The molecular weight excluding hydrogens is 415 g/mol. The molecular formula is C24H58Cl2Si2. The van der Waals surface area contributed by atoms with Crippen LogP contribution in [0, 0.1) is 0 Å². The summed E-state index contributed by atoms with van der Waals surface area (Å²) >= 11 is 0. The standard InChI is InChI=1S/2C12H28Si.2ClH/c2*1-3-5-7-9-11-13-12-10-8-6-4-2;;/h2*3-13H2,1-2H3;2*1H. The zero-order valence-electron chi connectivity index (χ0n) is 20.4. The Labute approximate surface area is 198 Å². The Kier molecular flexibility index (Phi) is 50.2. The Morgan fingerprint density at radius 1 is 0.321 bits per heavy atom. The third-order valence-corrected chi connectivity index (χ3v) is 9.41. The van der Waals surface area contributed by atoms with Crippen molar-refractivity contribution < 1.29 is 0 Å². The number of hydrogen-bond acceptors (Lipinski definition) is 0. The molecule has 28 heavy (non-hydrogen) atoms. The summed E-state index contributed by atoms with van der Waals surface area (Å²) < 4.78 is 0. The first-order chi connectivity index (χ1) is 12.8. The summed E-state index contributed by atoms with van der Waals surface area (Å²) in [4.78, 5) is 0. The Bertz CT molecular complexity index is 175. The molecule has 0 nitrogen and oxygen atoms in total. The fourth-order valence-electron chi connectivity index (χ4n) is 3.47. The van der Waals surface area contributed by atoms with Gasteiger partial charge in [-0.3, -0.25) is 0 Å². The monoisotopic (exact) mass is 472 g/mol. The van der Waals surface area contributed by atoms with Crippen molar-refractivity contribution in [1.29, 1.82) is 0 Å². The van der Waals surface area contributed by atoms with E-state index in [9.17, 15) is 0 Å². The zero-order chi connectivity index (χ0) is 19.6. The molecule has 0 amide bonds. The summed E-state index contributed by atoms with van der Waals surface area (Å²) in [6.45, 7) is 9.18. The van der Waals surface area contributed by atoms with Crippen molar-refractivity contribution in [3.8, 4) is 0 Å². The van der Waals surface area contributed by atoms with Gasteiger partial charge in [-0.25, -0.2) is 0 Å². The minimum absolute atomic E-state index is 0. The van der Waals surface area contributed by atoms with Gasteiger partial charge in [0.15, 0.2) is 0 Å². The van der Waals surface area contributed by atoms with E-state index >= 15 is 0 Å². The molecule has 176 valence electrons. The maximum atomic E-state index is 2.29. The molecule has 0 aliphatic carbocycles. The smallest absolute Gasteiger partial charge is 0.0197 e. The predicted octanol–water partition coefficient (Wildman–Crippen LogP) is 9.15. The Morgan fingerprint density at radius 2 is 0.536 bits per heavy atom. The van der Waals surface area contributed by atoms with Gasteiger partial charge in [0.2, 0.25) is 0 Å². The van der Waals surface area contributed by atoms with Crippen LogP contribution in [0.25, 0.3) is 0 Å². The molecule has 0 rings (SSSR count). The van der Waals surface area contributed by atoms with Gasteiger partial charge in [-0.1, -0.05) is 155 Å². The molecule has 0 saturated carbocycles. The lowest BCUT2D eigenvalue weighted by Gasteiger charge is -2.00. The molecule has 0 heterocycles. The van der Waals surface area contributed by atoms with Crippen molar-refractivity contribution in [3.63, 3.8) is 0 Å². The van der Waals surface area contributed by atoms with E-state index in [4.69, 9.17) is 0 Å². The number of halogens is 2. The van der Waals surface area contributed by atoms with Crippen LogP contribution < -0.4 is 0 Å². The van der Waals surface area contributed by atoms with Crippen LogP contribution in [0.4, 0.5) is 0 Å². The van der Waals surface area contributed by atoms with E-state index in [-0.39, 0.29) is 24.8 Å². The van der Waals surface area contributed by atoms with Gasteiger partial charge in [-0.2, -0.15) is 0 Å². The van der Waals surface area contributed by atoms with Gasteiger partial charge in [0.1, 0.15) is 0 Å². The molecule has 0 saturated heterocycles. The zero-order valence-corrected chi connectivity index (χ0v) is 24.8. The van der Waals surface area contributed by atoms with E-state index in [1.54, 1.807) is 24.2 Å². The van der Waals surface area contributed by atoms with Crippen molar-refractivity contribution in [1.82, 2.24) is 0 Å². The normalized spacial score (nSPS) is 9.86. The molecule has 0 aromatic rings. The molecule has 0 bridgehead atoms. The van der Waals surface area contributed by atoms with Crippen molar-refractivity contribution in [2.75, 3.05) is 0 Å². The van der Waals surface area contributed by atoms with E-state index in [0.29, 0.717) is 19.0 Å². The lowest BCUT2D eigenvalue weighted by Crippen LogP contribution is -1.89. The molecule has 0 aliphatic rings. The SMILES string of the molecule is CCCCCC[SiH2]CCCCCC.CCCCCC[SiH2]CCCCCC.Cl.Cl. The van der Waals surface area contributed by atoms with Gasteiger partial charge in [-0.15, -0.1) is 24.8 Å². The van der Waals surface area contributed by atoms with Gasteiger partial charge in [0.25, 0.3) is 0 Å². The summed E-state index contributed by atoms with van der Waals surface area (Å²) in [6, 6.07) is 6.47. The van der Waals surface area contributed by atoms with Gasteiger partial charge in [0.05, 0.1) is 0 Å². The minimum Gasteiger partial charge on any atom is -0.147 e. The molecule has 0 atom stereocenters. The van der Waals surface area contributed by atoms with Crippen LogP contribution in [0.1, 0.15) is 130 Å². The lowest BCUT2D eigenvalue weighted by molar-refractivity contribution is 0.689. The van der Waals surface area contributed by atoms with Crippen molar-refractivity contribution >= 4 is 43.9 Å². The molecule has 0 aromatic carbocycles. The second kappa shape index (κ2) is 38.6. The quantitative estimate of drug-likeness (QED) is 0.122. The molecule has 4 heteroatoms. The summed E-state index contributed by atoms with van der Waals surface area (Å²) in [5, 5.41) is 0. The second-order valence-electron chi connectivity index (χ2n) is 8.36. The van der Waals surface area contributed by atoms with Crippen LogP contribution in [-0.2, 0) is 0 Å². The topological polar surface area (TPSA) is 0 Å². The average molecular weight is 474 g/mol. The van der Waals surface area contributed by atoms with Crippen LogP contribution >= 0.6 is 24.8 Å². The Balaban J connectivity index is -0.000000192. The van der Waals surface area contributed by atoms with Crippen molar-refractivity contribution in [2.45, 2.75) is 155 Å². The van der Waals surface area contributed by atoms with E-state index < -0.39 is 0 Å². The van der Waals surface area contributed by atoms with Crippen molar-refractivity contribution in [3.05, 3.63) is 0 Å². The fraction of sp³-hybridized carbons (Fsp3) is 1.00. The molecule has 0 fully saturated rings. The predicted molar refractivity (Wildman–Crippen MR) is 147 cm³/mol. The van der Waals surface area contributed by atoms with E-state index in [1.165, 1.54) is 103 Å². The molecule has 0 aliphatic heterocycles. The van der Waals surface area contributed by atoms with Crippen LogP contribution in [0.3, 0.4) is 0 Å². The fourth-order valence-corrected chi connectivity index (χ4v) is 7.01. The number of rotatable bonds is 20. The maximum Gasteiger partial charge on any atom is 0.0197 e. The van der Waals surface area contributed by atoms with E-state index in [2.05, 4.69) is 27.7 Å². The highest BCUT2D eigenvalue weighted by Crippen LogP contribution is 2.08. The Morgan fingerprint density at radius 3 is 0.714 bits per heavy atom. The van der Waals surface area contributed by atoms with Gasteiger partial charge >= 0.3 is 0 Å². The summed E-state index contributed by atoms with van der Waals surface area (Å²) in [7, 11) is 0.711. The molecule has 0 N–H and O–H groups in total. The van der Waals surface area contributed by atoms with Crippen LogP contribution in [0.5, 0.6) is 0 Å². The van der Waals surface area contributed by atoms with Gasteiger partial charge < -0.3 is 0 Å². The third kappa shape index (κ3) is 41.4. The second-order valence-corrected chi connectivity index (χ2v) is 12.6. The average Bonchev–Trinajstić information content (AvgIpc) is 2.66. The third-order valence-electron chi connectivity index (χ3n) is 5.41. The molecule has 0 radical (unpaired) electrons. The summed E-state index contributed by atoms with van der Waals surface area (Å²) in [5.74, 6) is 0. The lowest BCUT2D eigenvalue weighted by atomic mass is 10.2. The first-order valence-corrected chi connectivity index (χ1v) is 16.8. The summed E-state index contributed by atoms with van der Waals surface area (Å²) in [6.07, 6.45) is 23.5. The summed E-state index contributed by atoms with van der Waals surface area (Å²) in [5.41, 5.74) is 0. The van der Waals surface area contributed by atoms with Crippen LogP contribution in [0.15, 0.2) is 0 Å². The highest BCUT2D eigenvalue weighted by Gasteiger charge is 1.92. The number of hydrogen-bond donors (Lipinski definition) is 0. The highest BCUT2D eigenvalue weighted by molar-refractivity contribution is 6.35. The Hall–Kier alpha value is 1.01. The van der Waals surface area contributed by atoms with E-state index in [1.807, 2.05) is 0 Å². The molecule has 0 unspecified atom stereocenters. The van der Waals surface area contributed by atoms with Gasteiger partial charge in [-0.05, 0) is 0 Å². The first-order valence-electron chi connectivity index (χ1n) is 12.8. The minimum atomic E-state index is 0. The van der Waals surface area contributed by atoms with Crippen molar-refractivity contribution in [2.24, 2.45) is 0 Å². The largest absolute Gasteiger partial charge is 0.147 e. The van der Waals surface area contributed by atoms with Crippen LogP contribution in [-0.4, -0.2) is 19.0 Å².